The standard InChI is InChI=1S/C11H16N2O3S/c1-15-10(14)9-6-13-11(17-9)12-4-2-8-3-5-16-7-8/h6,8H,2-5,7H2,1H3,(H,12,13). The number of carbonyl (C=O) groups excluding carboxylic acids is 1. The molecule has 2 heterocycles. The topological polar surface area (TPSA) is 60.5 Å². The van der Waals surface area contributed by atoms with Gasteiger partial charge in [-0.05, 0) is 18.8 Å². The summed E-state index contributed by atoms with van der Waals surface area (Å²) in [5.74, 6) is 0.322. The van der Waals surface area contributed by atoms with Crippen molar-refractivity contribution in [3.05, 3.63) is 11.1 Å². The fourth-order valence-electron chi connectivity index (χ4n) is 1.75. The van der Waals surface area contributed by atoms with E-state index < -0.39 is 0 Å². The first-order valence-electron chi connectivity index (χ1n) is 5.65. The van der Waals surface area contributed by atoms with Gasteiger partial charge in [0.25, 0.3) is 0 Å². The minimum Gasteiger partial charge on any atom is -0.465 e. The molecule has 1 aromatic rings. The van der Waals surface area contributed by atoms with Gasteiger partial charge in [-0.3, -0.25) is 0 Å². The van der Waals surface area contributed by atoms with Gasteiger partial charge in [-0.2, -0.15) is 0 Å². The minimum absolute atomic E-state index is 0.334. The van der Waals surface area contributed by atoms with Gasteiger partial charge < -0.3 is 14.8 Å². The summed E-state index contributed by atoms with van der Waals surface area (Å²) in [5, 5.41) is 3.98. The zero-order valence-electron chi connectivity index (χ0n) is 9.77. The number of nitrogens with zero attached hydrogens (tertiary/aromatic N) is 1. The molecular formula is C11H16N2O3S. The molecule has 2 rings (SSSR count). The Morgan fingerprint density at radius 3 is 3.35 bits per heavy atom. The highest BCUT2D eigenvalue weighted by atomic mass is 32.1. The Bertz CT molecular complexity index is 375. The van der Waals surface area contributed by atoms with E-state index in [0.29, 0.717) is 10.8 Å². The predicted molar refractivity (Wildman–Crippen MR) is 65.5 cm³/mol. The second kappa shape index (κ2) is 5.97. The molecule has 1 aromatic heterocycles. The predicted octanol–water partition coefficient (Wildman–Crippen LogP) is 1.77. The molecule has 0 saturated carbocycles. The summed E-state index contributed by atoms with van der Waals surface area (Å²) in [4.78, 5) is 15.9. The van der Waals surface area contributed by atoms with Gasteiger partial charge in [-0.1, -0.05) is 11.3 Å². The summed E-state index contributed by atoms with van der Waals surface area (Å²) < 4.78 is 9.93. The molecule has 1 aliphatic heterocycles. The van der Waals surface area contributed by atoms with Gasteiger partial charge >= 0.3 is 5.97 Å². The molecule has 1 atom stereocenters. The number of ether oxygens (including phenoxy) is 2. The van der Waals surface area contributed by atoms with Crippen molar-refractivity contribution in [3.63, 3.8) is 0 Å². The fraction of sp³-hybridized carbons (Fsp3) is 0.636. The third-order valence-corrected chi connectivity index (χ3v) is 3.68. The summed E-state index contributed by atoms with van der Waals surface area (Å²) in [7, 11) is 1.37. The van der Waals surface area contributed by atoms with E-state index >= 15 is 0 Å². The summed E-state index contributed by atoms with van der Waals surface area (Å²) in [6.07, 6.45) is 3.76. The number of thiazole rings is 1. The normalized spacial score (nSPS) is 19.2. The maximum atomic E-state index is 11.2. The van der Waals surface area contributed by atoms with E-state index in [2.05, 4.69) is 15.0 Å². The second-order valence-corrected chi connectivity index (χ2v) is 5.00. The van der Waals surface area contributed by atoms with Gasteiger partial charge in [-0.15, -0.1) is 0 Å². The van der Waals surface area contributed by atoms with Crippen LogP contribution in [0, 0.1) is 5.92 Å². The molecule has 1 saturated heterocycles. The third kappa shape index (κ3) is 3.41. The maximum Gasteiger partial charge on any atom is 0.349 e. The van der Waals surface area contributed by atoms with E-state index in [9.17, 15) is 4.79 Å². The Morgan fingerprint density at radius 1 is 1.76 bits per heavy atom. The van der Waals surface area contributed by atoms with E-state index in [1.165, 1.54) is 24.6 Å². The molecule has 6 heteroatoms. The van der Waals surface area contributed by atoms with E-state index in [1.54, 1.807) is 0 Å². The number of nitrogens with one attached hydrogen (secondary N) is 1. The molecule has 0 amide bonds. The lowest BCUT2D eigenvalue weighted by atomic mass is 10.1. The quantitative estimate of drug-likeness (QED) is 0.814. The van der Waals surface area contributed by atoms with Crippen molar-refractivity contribution in [3.8, 4) is 0 Å². The second-order valence-electron chi connectivity index (χ2n) is 3.97. The first-order chi connectivity index (χ1) is 8.29. The van der Waals surface area contributed by atoms with Gasteiger partial charge in [0.15, 0.2) is 5.13 Å². The molecule has 0 spiro atoms. The Balaban J connectivity index is 1.74. The zero-order valence-corrected chi connectivity index (χ0v) is 10.6. The lowest BCUT2D eigenvalue weighted by Crippen LogP contribution is -2.08. The first kappa shape index (κ1) is 12.3. The van der Waals surface area contributed by atoms with Crippen molar-refractivity contribution in [2.24, 2.45) is 5.92 Å². The van der Waals surface area contributed by atoms with Crippen molar-refractivity contribution in [2.45, 2.75) is 12.8 Å². The van der Waals surface area contributed by atoms with E-state index in [1.807, 2.05) is 0 Å². The Kier molecular flexibility index (Phi) is 4.33. The van der Waals surface area contributed by atoms with Crippen LogP contribution in [0.2, 0.25) is 0 Å². The maximum absolute atomic E-state index is 11.2. The molecule has 1 fully saturated rings. The first-order valence-corrected chi connectivity index (χ1v) is 6.47. The molecule has 0 radical (unpaired) electrons. The molecule has 94 valence electrons. The van der Waals surface area contributed by atoms with E-state index in [0.717, 1.165) is 37.7 Å². The molecule has 1 N–H and O–H groups in total. The van der Waals surface area contributed by atoms with Gasteiger partial charge in [-0.25, -0.2) is 9.78 Å². The van der Waals surface area contributed by atoms with Crippen LogP contribution in [0.5, 0.6) is 0 Å². The van der Waals surface area contributed by atoms with Gasteiger partial charge in [0, 0.05) is 19.8 Å². The number of methoxy groups -OCH3 is 1. The summed E-state index contributed by atoms with van der Waals surface area (Å²) in [5.41, 5.74) is 0. The van der Waals surface area contributed by atoms with Crippen molar-refractivity contribution >= 4 is 22.4 Å². The van der Waals surface area contributed by atoms with E-state index in [-0.39, 0.29) is 5.97 Å². The van der Waals surface area contributed by atoms with Crippen LogP contribution in [0.3, 0.4) is 0 Å². The Hall–Kier alpha value is -1.14. The lowest BCUT2D eigenvalue weighted by molar-refractivity contribution is 0.0606. The third-order valence-electron chi connectivity index (χ3n) is 2.75. The van der Waals surface area contributed by atoms with Crippen molar-refractivity contribution in [1.82, 2.24) is 4.98 Å². The highest BCUT2D eigenvalue weighted by Gasteiger charge is 2.15. The number of rotatable bonds is 5. The zero-order chi connectivity index (χ0) is 12.1. The van der Waals surface area contributed by atoms with Crippen molar-refractivity contribution in [2.75, 3.05) is 32.2 Å². The molecule has 0 aromatic carbocycles. The van der Waals surface area contributed by atoms with Crippen LogP contribution in [-0.4, -0.2) is 37.8 Å². The number of hydrogen-bond acceptors (Lipinski definition) is 6. The monoisotopic (exact) mass is 256 g/mol. The largest absolute Gasteiger partial charge is 0.465 e. The molecule has 0 bridgehead atoms. The highest BCUT2D eigenvalue weighted by molar-refractivity contribution is 7.17. The van der Waals surface area contributed by atoms with Crippen LogP contribution in [0.4, 0.5) is 5.13 Å². The minimum atomic E-state index is -0.334. The molecule has 1 unspecified atom stereocenters. The van der Waals surface area contributed by atoms with Gasteiger partial charge in [0.1, 0.15) is 4.88 Å². The summed E-state index contributed by atoms with van der Waals surface area (Å²) in [6, 6.07) is 0. The van der Waals surface area contributed by atoms with Crippen LogP contribution in [-0.2, 0) is 9.47 Å². The molecule has 5 nitrogen and oxygen atoms in total. The van der Waals surface area contributed by atoms with Crippen molar-refractivity contribution in [1.29, 1.82) is 0 Å². The van der Waals surface area contributed by atoms with E-state index in [4.69, 9.17) is 4.74 Å². The average Bonchev–Trinajstić information content (AvgIpc) is 2.99. The van der Waals surface area contributed by atoms with Crippen LogP contribution >= 0.6 is 11.3 Å². The van der Waals surface area contributed by atoms with Gasteiger partial charge in [0.2, 0.25) is 0 Å². The Morgan fingerprint density at radius 2 is 2.65 bits per heavy atom. The number of carbonyl (C=O) groups is 1. The van der Waals surface area contributed by atoms with Gasteiger partial charge in [0.05, 0.1) is 13.3 Å². The average molecular weight is 256 g/mol. The van der Waals surface area contributed by atoms with Crippen LogP contribution in [0.15, 0.2) is 6.20 Å². The van der Waals surface area contributed by atoms with Crippen molar-refractivity contribution < 1.29 is 14.3 Å². The van der Waals surface area contributed by atoms with Crippen LogP contribution < -0.4 is 5.32 Å². The fourth-order valence-corrected chi connectivity index (χ4v) is 2.51. The molecular weight excluding hydrogens is 240 g/mol. The number of anilines is 1. The number of hydrogen-bond donors (Lipinski definition) is 1. The smallest absolute Gasteiger partial charge is 0.349 e. The SMILES string of the molecule is COC(=O)c1cnc(NCCC2CCOC2)s1. The summed E-state index contributed by atoms with van der Waals surface area (Å²) >= 11 is 1.32. The molecule has 1 aliphatic rings. The summed E-state index contributed by atoms with van der Waals surface area (Å²) in [6.45, 7) is 2.61. The number of aromatic nitrogens is 1. The molecule has 17 heavy (non-hydrogen) atoms. The molecule has 0 aliphatic carbocycles. The highest BCUT2D eigenvalue weighted by Crippen LogP contribution is 2.20. The lowest BCUT2D eigenvalue weighted by Gasteiger charge is -2.07. The van der Waals surface area contributed by atoms with Crippen LogP contribution in [0.1, 0.15) is 22.5 Å². The Labute approximate surface area is 104 Å². The van der Waals surface area contributed by atoms with Crippen LogP contribution in [0.25, 0.3) is 0 Å². The number of esters is 1.